The van der Waals surface area contributed by atoms with E-state index in [1.54, 1.807) is 6.07 Å². The number of aryl methyl sites for hydroxylation is 1. The summed E-state index contributed by atoms with van der Waals surface area (Å²) in [7, 11) is 0. The minimum atomic E-state index is -0.218. The first-order valence-electron chi connectivity index (χ1n) is 10.6. The van der Waals surface area contributed by atoms with Crippen molar-refractivity contribution in [3.8, 4) is 0 Å². The van der Waals surface area contributed by atoms with E-state index in [0.29, 0.717) is 55.3 Å². The summed E-state index contributed by atoms with van der Waals surface area (Å²) in [6.45, 7) is 1.12. The van der Waals surface area contributed by atoms with E-state index in [9.17, 15) is 9.59 Å². The molecule has 0 radical (unpaired) electrons. The highest BCUT2D eigenvalue weighted by Gasteiger charge is 2.10. The van der Waals surface area contributed by atoms with Gasteiger partial charge in [0.25, 0.3) is 5.56 Å². The van der Waals surface area contributed by atoms with Gasteiger partial charge in [-0.05, 0) is 30.2 Å². The second kappa shape index (κ2) is 10.9. The molecule has 0 aliphatic heterocycles. The number of H-pyrrole nitrogens is 1. The Morgan fingerprint density at radius 2 is 1.85 bits per heavy atom. The van der Waals surface area contributed by atoms with Crippen molar-refractivity contribution in [1.29, 1.82) is 0 Å². The summed E-state index contributed by atoms with van der Waals surface area (Å²) < 4.78 is 6.27. The number of rotatable bonds is 10. The number of nitrogens with one attached hydrogen (secondary N) is 3. The van der Waals surface area contributed by atoms with Gasteiger partial charge in [-0.3, -0.25) is 9.59 Å². The van der Waals surface area contributed by atoms with Crippen molar-refractivity contribution < 1.29 is 9.32 Å². The Morgan fingerprint density at radius 3 is 2.67 bits per heavy atom. The lowest BCUT2D eigenvalue weighted by Crippen LogP contribution is -2.26. The van der Waals surface area contributed by atoms with Gasteiger partial charge in [-0.25, -0.2) is 5.10 Å². The molecular weight excluding hydrogens is 488 g/mol. The molecule has 0 unspecified atom stereocenters. The van der Waals surface area contributed by atoms with E-state index in [1.807, 2.05) is 42.5 Å². The number of amides is 1. The van der Waals surface area contributed by atoms with Crippen molar-refractivity contribution in [2.45, 2.75) is 25.7 Å². The van der Waals surface area contributed by atoms with E-state index in [2.05, 4.69) is 46.9 Å². The molecule has 4 rings (SSSR count). The lowest BCUT2D eigenvalue weighted by atomic mass is 10.1. The molecule has 1 amide bonds. The van der Waals surface area contributed by atoms with E-state index in [-0.39, 0.29) is 17.9 Å². The van der Waals surface area contributed by atoms with Gasteiger partial charge in [-0.2, -0.15) is 10.1 Å². The molecule has 33 heavy (non-hydrogen) atoms. The zero-order valence-electron chi connectivity index (χ0n) is 17.8. The highest BCUT2D eigenvalue weighted by Crippen LogP contribution is 2.16. The molecule has 9 nitrogen and oxygen atoms in total. The van der Waals surface area contributed by atoms with E-state index in [1.165, 1.54) is 0 Å². The number of anilines is 1. The fraction of sp³-hybridized carbons (Fsp3) is 0.261. The molecule has 0 atom stereocenters. The summed E-state index contributed by atoms with van der Waals surface area (Å²) in [6, 6.07) is 15.2. The van der Waals surface area contributed by atoms with Gasteiger partial charge >= 0.3 is 0 Å². The van der Waals surface area contributed by atoms with E-state index in [0.717, 1.165) is 15.4 Å². The predicted octanol–water partition coefficient (Wildman–Crippen LogP) is 3.21. The summed E-state index contributed by atoms with van der Waals surface area (Å²) in [5, 5.41) is 18.0. The maximum absolute atomic E-state index is 12.1. The van der Waals surface area contributed by atoms with E-state index >= 15 is 0 Å². The molecule has 2 heterocycles. The molecule has 0 aliphatic rings. The zero-order valence-corrected chi connectivity index (χ0v) is 19.4. The second-order valence-corrected chi connectivity index (χ2v) is 8.40. The van der Waals surface area contributed by atoms with Crippen LogP contribution >= 0.6 is 15.9 Å². The Labute approximate surface area is 198 Å². The summed E-state index contributed by atoms with van der Waals surface area (Å²) in [5.41, 5.74) is 0.868. The molecule has 0 aliphatic carbocycles. The number of aromatic nitrogens is 4. The number of carbonyl (C=O) groups excluding carboxylic acids is 1. The second-order valence-electron chi connectivity index (χ2n) is 7.48. The summed E-state index contributed by atoms with van der Waals surface area (Å²) >= 11 is 3.41. The molecule has 0 saturated heterocycles. The lowest BCUT2D eigenvalue weighted by Gasteiger charge is -2.08. The van der Waals surface area contributed by atoms with Gasteiger partial charge in [-0.15, -0.1) is 0 Å². The van der Waals surface area contributed by atoms with Crippen LogP contribution in [0.5, 0.6) is 0 Å². The third-order valence-corrected chi connectivity index (χ3v) is 5.54. The topological polar surface area (TPSA) is 126 Å². The molecule has 4 aromatic rings. The third-order valence-electron chi connectivity index (χ3n) is 5.02. The summed E-state index contributed by atoms with van der Waals surface area (Å²) in [4.78, 5) is 28.3. The van der Waals surface area contributed by atoms with Crippen molar-refractivity contribution in [1.82, 2.24) is 25.7 Å². The van der Waals surface area contributed by atoms with Crippen LogP contribution in [0, 0.1) is 0 Å². The van der Waals surface area contributed by atoms with Crippen LogP contribution in [0.4, 0.5) is 5.82 Å². The SMILES string of the molecule is O=C(CCc1nc(Cc2ccc(Br)cc2)no1)NCCCNc1n[nH]c(=O)c2ccccc12. The van der Waals surface area contributed by atoms with Crippen LogP contribution in [0.3, 0.4) is 0 Å². The highest BCUT2D eigenvalue weighted by molar-refractivity contribution is 9.10. The molecule has 10 heteroatoms. The molecule has 0 saturated carbocycles. The Morgan fingerprint density at radius 1 is 1.06 bits per heavy atom. The largest absolute Gasteiger partial charge is 0.368 e. The molecular formula is C23H23BrN6O3. The summed E-state index contributed by atoms with van der Waals surface area (Å²) in [5.74, 6) is 1.60. The average molecular weight is 511 g/mol. The number of carbonyl (C=O) groups is 1. The van der Waals surface area contributed by atoms with Crippen LogP contribution in [0.2, 0.25) is 0 Å². The van der Waals surface area contributed by atoms with Crippen molar-refractivity contribution in [2.75, 3.05) is 18.4 Å². The van der Waals surface area contributed by atoms with Gasteiger partial charge in [-0.1, -0.05) is 51.4 Å². The molecule has 2 aromatic carbocycles. The molecule has 0 spiro atoms. The molecule has 3 N–H and O–H groups in total. The number of fused-ring (bicyclic) bond motifs is 1. The van der Waals surface area contributed by atoms with E-state index < -0.39 is 0 Å². The number of halogens is 1. The van der Waals surface area contributed by atoms with Crippen molar-refractivity contribution in [3.05, 3.63) is 80.6 Å². The molecule has 0 bridgehead atoms. The maximum atomic E-state index is 12.1. The molecule has 0 fully saturated rings. The van der Waals surface area contributed by atoms with Crippen LogP contribution in [0.25, 0.3) is 10.8 Å². The van der Waals surface area contributed by atoms with Gasteiger partial charge in [0.2, 0.25) is 11.8 Å². The Balaban J connectivity index is 1.16. The Bertz CT molecular complexity index is 1290. The normalized spacial score (nSPS) is 10.9. The number of benzene rings is 2. The average Bonchev–Trinajstić information content (AvgIpc) is 3.28. The van der Waals surface area contributed by atoms with E-state index in [4.69, 9.17) is 4.52 Å². The van der Waals surface area contributed by atoms with Crippen LogP contribution in [0.1, 0.15) is 30.1 Å². The predicted molar refractivity (Wildman–Crippen MR) is 128 cm³/mol. The highest BCUT2D eigenvalue weighted by atomic mass is 79.9. The first-order chi connectivity index (χ1) is 16.1. The molecule has 2 aromatic heterocycles. The smallest absolute Gasteiger partial charge is 0.272 e. The quantitative estimate of drug-likeness (QED) is 0.279. The lowest BCUT2D eigenvalue weighted by molar-refractivity contribution is -0.121. The number of nitrogens with zero attached hydrogens (tertiary/aromatic N) is 3. The number of aromatic amines is 1. The van der Waals surface area contributed by atoms with Crippen molar-refractivity contribution in [3.63, 3.8) is 0 Å². The fourth-order valence-corrected chi connectivity index (χ4v) is 3.59. The monoisotopic (exact) mass is 510 g/mol. The van der Waals surface area contributed by atoms with Crippen molar-refractivity contribution in [2.24, 2.45) is 0 Å². The van der Waals surface area contributed by atoms with Crippen LogP contribution in [0.15, 0.2) is 62.3 Å². The zero-order chi connectivity index (χ0) is 23.0. The van der Waals surface area contributed by atoms with Crippen LogP contribution < -0.4 is 16.2 Å². The third kappa shape index (κ3) is 6.26. The van der Waals surface area contributed by atoms with Gasteiger partial charge in [0.05, 0.1) is 5.39 Å². The van der Waals surface area contributed by atoms with Gasteiger partial charge in [0, 0.05) is 42.2 Å². The first-order valence-corrected chi connectivity index (χ1v) is 11.4. The van der Waals surface area contributed by atoms with Gasteiger partial charge in [0.15, 0.2) is 11.6 Å². The van der Waals surface area contributed by atoms with Gasteiger partial charge < -0.3 is 15.2 Å². The van der Waals surface area contributed by atoms with Crippen LogP contribution in [-0.4, -0.2) is 39.3 Å². The maximum Gasteiger partial charge on any atom is 0.272 e. The van der Waals surface area contributed by atoms with Crippen molar-refractivity contribution >= 4 is 38.4 Å². The number of hydrogen-bond donors (Lipinski definition) is 3. The van der Waals surface area contributed by atoms with Gasteiger partial charge in [0.1, 0.15) is 0 Å². The fourth-order valence-electron chi connectivity index (χ4n) is 3.33. The number of hydrogen-bond acceptors (Lipinski definition) is 7. The standard InChI is InChI=1S/C23H23BrN6O3/c24-16-8-6-15(7-9-16)14-19-27-21(33-30-19)11-10-20(31)25-12-3-13-26-22-17-4-1-2-5-18(17)23(32)29-28-22/h1-2,4-9H,3,10-14H2,(H,25,31)(H,26,28)(H,29,32). The first kappa shape index (κ1) is 22.7. The minimum absolute atomic E-state index is 0.0738. The summed E-state index contributed by atoms with van der Waals surface area (Å²) in [6.07, 6.45) is 1.96. The minimum Gasteiger partial charge on any atom is -0.368 e. The molecule has 170 valence electrons. The van der Waals surface area contributed by atoms with Crippen LogP contribution in [-0.2, 0) is 17.6 Å². The Hall–Kier alpha value is -3.53. The Kier molecular flexibility index (Phi) is 7.46.